The van der Waals surface area contributed by atoms with E-state index in [1.807, 2.05) is 19.0 Å². The number of benzene rings is 2. The van der Waals surface area contributed by atoms with Gasteiger partial charge in [0, 0.05) is 44.7 Å². The fourth-order valence-corrected chi connectivity index (χ4v) is 2.54. The molecule has 1 amide bonds. The smallest absolute Gasteiger partial charge is 0.220 e. The number of hydrogen-bond donors (Lipinski definition) is 1. The van der Waals surface area contributed by atoms with Gasteiger partial charge in [-0.25, -0.2) is 0 Å². The number of methoxy groups -OCH3 is 1. The molecule has 2 aromatic rings. The van der Waals surface area contributed by atoms with Crippen molar-refractivity contribution in [3.8, 4) is 5.75 Å². The average Bonchev–Trinajstić information content (AvgIpc) is 2.66. The van der Waals surface area contributed by atoms with E-state index in [1.54, 1.807) is 31.4 Å². The molecule has 0 aliphatic carbocycles. The van der Waals surface area contributed by atoms with Gasteiger partial charge in [0.15, 0.2) is 5.78 Å². The zero-order valence-corrected chi connectivity index (χ0v) is 15.6. The van der Waals surface area contributed by atoms with Gasteiger partial charge in [-0.2, -0.15) is 0 Å². The van der Waals surface area contributed by atoms with E-state index >= 15 is 0 Å². The van der Waals surface area contributed by atoms with Crippen LogP contribution in [-0.4, -0.2) is 39.4 Å². The van der Waals surface area contributed by atoms with Crippen LogP contribution < -0.4 is 15.0 Å². The minimum Gasteiger partial charge on any atom is -0.497 e. The quantitative estimate of drug-likeness (QED) is 0.703. The van der Waals surface area contributed by atoms with E-state index in [2.05, 4.69) is 29.6 Å². The summed E-state index contributed by atoms with van der Waals surface area (Å²) in [5, 5.41) is 2.87. The standard InChI is InChI=1S/C21H26N2O3/c1-23(2)18-8-4-16(5-9-18)14-15-22-21(25)13-12-20(24)17-6-10-19(26-3)11-7-17/h4-11H,12-15H2,1-3H3,(H,22,25). The van der Waals surface area contributed by atoms with E-state index in [0.29, 0.717) is 17.9 Å². The van der Waals surface area contributed by atoms with Crippen molar-refractivity contribution >= 4 is 17.4 Å². The number of amides is 1. The Morgan fingerprint density at radius 1 is 0.962 bits per heavy atom. The molecule has 5 heteroatoms. The summed E-state index contributed by atoms with van der Waals surface area (Å²) < 4.78 is 5.07. The van der Waals surface area contributed by atoms with Crippen molar-refractivity contribution in [3.05, 3.63) is 59.7 Å². The number of rotatable bonds is 9. The number of Topliss-reactive ketones (excluding diaryl/α,β-unsaturated/α-hetero) is 1. The number of ether oxygens (including phenoxy) is 1. The molecule has 138 valence electrons. The molecule has 0 aliphatic rings. The highest BCUT2D eigenvalue weighted by molar-refractivity contribution is 5.98. The predicted octanol–water partition coefficient (Wildman–Crippen LogP) is 3.08. The van der Waals surface area contributed by atoms with Crippen LogP contribution in [0.15, 0.2) is 48.5 Å². The third-order valence-electron chi connectivity index (χ3n) is 4.18. The summed E-state index contributed by atoms with van der Waals surface area (Å²) >= 11 is 0. The molecule has 0 bridgehead atoms. The lowest BCUT2D eigenvalue weighted by Crippen LogP contribution is -2.26. The molecule has 0 radical (unpaired) electrons. The first-order chi connectivity index (χ1) is 12.5. The minimum atomic E-state index is -0.100. The summed E-state index contributed by atoms with van der Waals surface area (Å²) in [4.78, 5) is 26.1. The number of hydrogen-bond acceptors (Lipinski definition) is 4. The van der Waals surface area contributed by atoms with Gasteiger partial charge < -0.3 is 15.0 Å². The number of ketones is 1. The topological polar surface area (TPSA) is 58.6 Å². The number of carbonyl (C=O) groups excluding carboxylic acids is 2. The first-order valence-corrected chi connectivity index (χ1v) is 8.70. The van der Waals surface area contributed by atoms with Gasteiger partial charge in [0.2, 0.25) is 5.91 Å². The molecule has 0 spiro atoms. The van der Waals surface area contributed by atoms with E-state index in [-0.39, 0.29) is 24.5 Å². The summed E-state index contributed by atoms with van der Waals surface area (Å²) in [5.41, 5.74) is 2.92. The molecule has 1 N–H and O–H groups in total. The number of nitrogens with zero attached hydrogens (tertiary/aromatic N) is 1. The highest BCUT2D eigenvalue weighted by Gasteiger charge is 2.09. The molecule has 0 atom stereocenters. The Hall–Kier alpha value is -2.82. The molecule has 0 heterocycles. The molecule has 0 fully saturated rings. The van der Waals surface area contributed by atoms with Crippen LogP contribution in [0.25, 0.3) is 0 Å². The maximum absolute atomic E-state index is 12.1. The Morgan fingerprint density at radius 2 is 1.62 bits per heavy atom. The SMILES string of the molecule is COc1ccc(C(=O)CCC(=O)NCCc2ccc(N(C)C)cc2)cc1. The Bertz CT molecular complexity index is 722. The molecule has 0 aliphatic heterocycles. The zero-order chi connectivity index (χ0) is 18.9. The van der Waals surface area contributed by atoms with E-state index < -0.39 is 0 Å². The van der Waals surface area contributed by atoms with Crippen LogP contribution in [0.3, 0.4) is 0 Å². The lowest BCUT2D eigenvalue weighted by Gasteiger charge is -2.12. The molecule has 2 rings (SSSR count). The van der Waals surface area contributed by atoms with Crippen LogP contribution in [0.1, 0.15) is 28.8 Å². The maximum atomic E-state index is 12.1. The fourth-order valence-electron chi connectivity index (χ4n) is 2.54. The van der Waals surface area contributed by atoms with Crippen molar-refractivity contribution in [3.63, 3.8) is 0 Å². The van der Waals surface area contributed by atoms with Crippen molar-refractivity contribution in [2.24, 2.45) is 0 Å². The normalized spacial score (nSPS) is 10.3. The van der Waals surface area contributed by atoms with Gasteiger partial charge in [0.25, 0.3) is 0 Å². The molecule has 0 aromatic heterocycles. The molecular weight excluding hydrogens is 328 g/mol. The van der Waals surface area contributed by atoms with E-state index in [1.165, 1.54) is 5.56 Å². The van der Waals surface area contributed by atoms with Crippen LogP contribution >= 0.6 is 0 Å². The van der Waals surface area contributed by atoms with Crippen molar-refractivity contribution < 1.29 is 14.3 Å². The van der Waals surface area contributed by atoms with E-state index in [9.17, 15) is 9.59 Å². The highest BCUT2D eigenvalue weighted by atomic mass is 16.5. The maximum Gasteiger partial charge on any atom is 0.220 e. The molecule has 2 aromatic carbocycles. The molecule has 0 saturated heterocycles. The lowest BCUT2D eigenvalue weighted by atomic mass is 10.1. The minimum absolute atomic E-state index is 0.0397. The van der Waals surface area contributed by atoms with Crippen molar-refractivity contribution in [1.29, 1.82) is 0 Å². The highest BCUT2D eigenvalue weighted by Crippen LogP contribution is 2.14. The summed E-state index contributed by atoms with van der Waals surface area (Å²) in [7, 11) is 5.59. The lowest BCUT2D eigenvalue weighted by molar-refractivity contribution is -0.121. The van der Waals surface area contributed by atoms with Gasteiger partial charge in [-0.05, 0) is 48.4 Å². The number of nitrogens with one attached hydrogen (secondary N) is 1. The van der Waals surface area contributed by atoms with Crippen LogP contribution in [0.5, 0.6) is 5.75 Å². The predicted molar refractivity (Wildman–Crippen MR) is 104 cm³/mol. The molecule has 0 saturated carbocycles. The fraction of sp³-hybridized carbons (Fsp3) is 0.333. The third-order valence-corrected chi connectivity index (χ3v) is 4.18. The van der Waals surface area contributed by atoms with Gasteiger partial charge >= 0.3 is 0 Å². The Morgan fingerprint density at radius 3 is 2.19 bits per heavy atom. The van der Waals surface area contributed by atoms with Gasteiger partial charge in [-0.3, -0.25) is 9.59 Å². The van der Waals surface area contributed by atoms with Crippen molar-refractivity contribution in [2.75, 3.05) is 32.6 Å². The zero-order valence-electron chi connectivity index (χ0n) is 15.6. The Kier molecular flexibility index (Phi) is 7.21. The number of carbonyl (C=O) groups is 2. The Balaban J connectivity index is 1.70. The first kappa shape index (κ1) is 19.5. The molecular formula is C21H26N2O3. The summed E-state index contributed by atoms with van der Waals surface area (Å²) in [6.45, 7) is 0.566. The second-order valence-electron chi connectivity index (χ2n) is 6.31. The van der Waals surface area contributed by atoms with Gasteiger partial charge in [0.1, 0.15) is 5.75 Å². The third kappa shape index (κ3) is 5.92. The largest absolute Gasteiger partial charge is 0.497 e. The Labute approximate surface area is 155 Å². The van der Waals surface area contributed by atoms with Crippen LogP contribution in [-0.2, 0) is 11.2 Å². The van der Waals surface area contributed by atoms with Gasteiger partial charge in [0.05, 0.1) is 7.11 Å². The van der Waals surface area contributed by atoms with Crippen LogP contribution in [0.4, 0.5) is 5.69 Å². The van der Waals surface area contributed by atoms with Crippen molar-refractivity contribution in [1.82, 2.24) is 5.32 Å². The number of anilines is 1. The monoisotopic (exact) mass is 354 g/mol. The summed E-state index contributed by atoms with van der Waals surface area (Å²) in [5.74, 6) is 0.566. The van der Waals surface area contributed by atoms with Gasteiger partial charge in [-0.15, -0.1) is 0 Å². The summed E-state index contributed by atoms with van der Waals surface area (Å²) in [6.07, 6.45) is 1.17. The van der Waals surface area contributed by atoms with Crippen molar-refractivity contribution in [2.45, 2.75) is 19.3 Å². The van der Waals surface area contributed by atoms with Gasteiger partial charge in [-0.1, -0.05) is 12.1 Å². The van der Waals surface area contributed by atoms with Crippen LogP contribution in [0.2, 0.25) is 0 Å². The van der Waals surface area contributed by atoms with Crippen LogP contribution in [0, 0.1) is 0 Å². The molecule has 26 heavy (non-hydrogen) atoms. The van der Waals surface area contributed by atoms with E-state index in [4.69, 9.17) is 4.74 Å². The second-order valence-corrected chi connectivity index (χ2v) is 6.31. The molecule has 0 unspecified atom stereocenters. The second kappa shape index (κ2) is 9.61. The average molecular weight is 354 g/mol. The first-order valence-electron chi connectivity index (χ1n) is 8.70. The van der Waals surface area contributed by atoms with E-state index in [0.717, 1.165) is 12.1 Å². The summed E-state index contributed by atoms with van der Waals surface area (Å²) in [6, 6.07) is 15.2. The molecule has 5 nitrogen and oxygen atoms in total.